The molecule has 1 amide bonds. The van der Waals surface area contributed by atoms with Gasteiger partial charge in [-0.15, -0.1) is 0 Å². The summed E-state index contributed by atoms with van der Waals surface area (Å²) in [7, 11) is 0. The number of amides is 1. The summed E-state index contributed by atoms with van der Waals surface area (Å²) in [5.74, 6) is -0.585. The van der Waals surface area contributed by atoms with E-state index in [2.05, 4.69) is 5.32 Å². The lowest BCUT2D eigenvalue weighted by Crippen LogP contribution is -2.67. The number of nitrogens with one attached hydrogen (secondary N) is 1. The lowest BCUT2D eigenvalue weighted by molar-refractivity contribution is -0.379. The first-order chi connectivity index (χ1) is 16.4. The van der Waals surface area contributed by atoms with Gasteiger partial charge in [0.05, 0.1) is 18.8 Å². The summed E-state index contributed by atoms with van der Waals surface area (Å²) < 4.78 is 27.7. The van der Waals surface area contributed by atoms with Gasteiger partial charge in [-0.3, -0.25) is 4.79 Å². The van der Waals surface area contributed by atoms with E-state index in [9.17, 15) is 45.6 Å². The fraction of sp³-hybridized carbons (Fsp3) is 0.950. The lowest BCUT2D eigenvalue weighted by atomic mass is 9.95. The van der Waals surface area contributed by atoms with Crippen molar-refractivity contribution in [3.8, 4) is 0 Å². The summed E-state index contributed by atoms with van der Waals surface area (Å²) in [4.78, 5) is 11.5. The molecular weight excluding hydrogens is 478 g/mol. The number of aliphatic hydroxyl groups excluding tert-OH is 8. The minimum atomic E-state index is -1.74. The van der Waals surface area contributed by atoms with Crippen molar-refractivity contribution in [2.45, 2.75) is 113 Å². The largest absolute Gasteiger partial charge is 0.394 e. The van der Waals surface area contributed by atoms with Crippen LogP contribution in [0.25, 0.3) is 0 Å². The van der Waals surface area contributed by atoms with Gasteiger partial charge in [0.25, 0.3) is 0 Å². The summed E-state index contributed by atoms with van der Waals surface area (Å²) in [6.45, 7) is 3.29. The first-order valence-corrected chi connectivity index (χ1v) is 11.3. The molecule has 3 aliphatic heterocycles. The van der Waals surface area contributed by atoms with Gasteiger partial charge >= 0.3 is 0 Å². The van der Waals surface area contributed by atoms with Gasteiger partial charge in [0.2, 0.25) is 5.91 Å². The highest BCUT2D eigenvalue weighted by Gasteiger charge is 2.53. The molecule has 15 atom stereocenters. The van der Waals surface area contributed by atoms with Crippen LogP contribution in [-0.2, 0) is 28.5 Å². The first kappa shape index (κ1) is 28.5. The molecule has 0 radical (unpaired) electrons. The maximum absolute atomic E-state index is 11.5. The molecule has 204 valence electrons. The van der Waals surface area contributed by atoms with E-state index < -0.39 is 105 Å². The zero-order chi connectivity index (χ0) is 26.2. The predicted molar refractivity (Wildman–Crippen MR) is 110 cm³/mol. The van der Waals surface area contributed by atoms with Gasteiger partial charge in [-0.25, -0.2) is 0 Å². The van der Waals surface area contributed by atoms with Crippen LogP contribution in [0, 0.1) is 0 Å². The highest BCUT2D eigenvalue weighted by molar-refractivity contribution is 5.73. The molecule has 0 spiro atoms. The second-order valence-electron chi connectivity index (χ2n) is 9.04. The SMILES string of the molecule is CC(=O)N[C@H]1C(O)O[C@H](CO)[C@@H](O[C@@H]2O[C@@H](C)[C@@H](O)[C@@H](O)[C@@H]2O[C@@H]2O[C@@H](C)[C@@H](O)[C@@H](O)[C@@H]2O)[C@@H]1O. The van der Waals surface area contributed by atoms with Gasteiger partial charge < -0.3 is 69.9 Å². The van der Waals surface area contributed by atoms with E-state index in [-0.39, 0.29) is 0 Å². The Morgan fingerprint density at radius 3 is 1.86 bits per heavy atom. The van der Waals surface area contributed by atoms with Gasteiger partial charge in [0.1, 0.15) is 61.0 Å². The van der Waals surface area contributed by atoms with Crippen molar-refractivity contribution >= 4 is 5.91 Å². The number of aliphatic hydroxyl groups is 8. The molecule has 1 unspecified atom stereocenters. The number of carbonyl (C=O) groups is 1. The molecule has 0 aliphatic carbocycles. The minimum absolute atomic E-state index is 0.585. The van der Waals surface area contributed by atoms with Gasteiger partial charge in [0, 0.05) is 6.92 Å². The number of hydrogen-bond acceptors (Lipinski definition) is 14. The highest BCUT2D eigenvalue weighted by atomic mass is 16.8. The topological polar surface area (TPSA) is 237 Å². The van der Waals surface area contributed by atoms with Crippen molar-refractivity contribution in [1.82, 2.24) is 5.32 Å². The molecule has 3 rings (SSSR count). The van der Waals surface area contributed by atoms with Crippen LogP contribution < -0.4 is 5.32 Å². The molecular formula is C20H35NO14. The van der Waals surface area contributed by atoms with Crippen molar-refractivity contribution < 1.29 is 69.3 Å². The number of ether oxygens (including phenoxy) is 5. The molecule has 3 heterocycles. The van der Waals surface area contributed by atoms with Gasteiger partial charge in [-0.2, -0.15) is 0 Å². The lowest BCUT2D eigenvalue weighted by Gasteiger charge is -2.48. The van der Waals surface area contributed by atoms with Crippen LogP contribution >= 0.6 is 0 Å². The van der Waals surface area contributed by atoms with Crippen LogP contribution in [0.15, 0.2) is 0 Å². The molecule has 0 aromatic rings. The second kappa shape index (κ2) is 11.6. The third-order valence-electron chi connectivity index (χ3n) is 6.42. The van der Waals surface area contributed by atoms with Crippen molar-refractivity contribution in [1.29, 1.82) is 0 Å². The van der Waals surface area contributed by atoms with Crippen molar-refractivity contribution in [2.75, 3.05) is 6.61 Å². The Morgan fingerprint density at radius 1 is 0.743 bits per heavy atom. The van der Waals surface area contributed by atoms with Crippen LogP contribution in [-0.4, -0.2) is 145 Å². The summed E-state index contributed by atoms with van der Waals surface area (Å²) in [5, 5.41) is 84.2. The average Bonchev–Trinajstić information content (AvgIpc) is 2.80. The monoisotopic (exact) mass is 513 g/mol. The predicted octanol–water partition coefficient (Wildman–Crippen LogP) is -5.37. The first-order valence-electron chi connectivity index (χ1n) is 11.3. The normalized spacial score (nSPS) is 51.1. The standard InChI is InChI=1S/C20H35NO14/c1-5-10(24)13(27)15(29)19(31-5)35-17-14(28)11(25)6(2)32-20(17)34-16-8(4-22)33-18(30)9(12(16)26)21-7(3)23/h5-6,8-20,22,24-30H,4H2,1-3H3,(H,21,23)/t5-,6-,8+,9+,10+,11+,12+,13+,14+,15-,16+,17-,18?,19-,20-/m0/s1. The quantitative estimate of drug-likeness (QED) is 0.161. The molecule has 0 aromatic heterocycles. The second-order valence-corrected chi connectivity index (χ2v) is 9.04. The number of hydrogen-bond donors (Lipinski definition) is 9. The van der Waals surface area contributed by atoms with Crippen LogP contribution in [0.4, 0.5) is 0 Å². The van der Waals surface area contributed by atoms with E-state index in [0.717, 1.165) is 6.92 Å². The average molecular weight is 513 g/mol. The van der Waals surface area contributed by atoms with E-state index in [0.29, 0.717) is 0 Å². The smallest absolute Gasteiger partial charge is 0.217 e. The highest BCUT2D eigenvalue weighted by Crippen LogP contribution is 2.32. The van der Waals surface area contributed by atoms with Crippen LogP contribution in [0.5, 0.6) is 0 Å². The molecule has 35 heavy (non-hydrogen) atoms. The van der Waals surface area contributed by atoms with Gasteiger partial charge in [-0.05, 0) is 13.8 Å². The van der Waals surface area contributed by atoms with Gasteiger partial charge in [-0.1, -0.05) is 0 Å². The Labute approximate surface area is 200 Å². The molecule has 15 heteroatoms. The Kier molecular flexibility index (Phi) is 9.42. The molecule has 0 saturated carbocycles. The Balaban J connectivity index is 1.83. The summed E-state index contributed by atoms with van der Waals surface area (Å²) in [5.41, 5.74) is 0. The molecule has 15 nitrogen and oxygen atoms in total. The fourth-order valence-corrected chi connectivity index (χ4v) is 4.33. The van der Waals surface area contributed by atoms with Crippen LogP contribution in [0.2, 0.25) is 0 Å². The molecule has 3 saturated heterocycles. The molecule has 9 N–H and O–H groups in total. The molecule has 3 fully saturated rings. The van der Waals surface area contributed by atoms with Crippen molar-refractivity contribution in [3.63, 3.8) is 0 Å². The van der Waals surface area contributed by atoms with E-state index in [4.69, 9.17) is 23.7 Å². The van der Waals surface area contributed by atoms with Gasteiger partial charge in [0.15, 0.2) is 18.9 Å². The van der Waals surface area contributed by atoms with E-state index in [1.54, 1.807) is 0 Å². The van der Waals surface area contributed by atoms with E-state index in [1.165, 1.54) is 13.8 Å². The van der Waals surface area contributed by atoms with Crippen LogP contribution in [0.3, 0.4) is 0 Å². The minimum Gasteiger partial charge on any atom is -0.394 e. The Morgan fingerprint density at radius 2 is 1.29 bits per heavy atom. The van der Waals surface area contributed by atoms with Crippen molar-refractivity contribution in [3.05, 3.63) is 0 Å². The van der Waals surface area contributed by atoms with Crippen molar-refractivity contribution in [2.24, 2.45) is 0 Å². The van der Waals surface area contributed by atoms with E-state index >= 15 is 0 Å². The third-order valence-corrected chi connectivity index (χ3v) is 6.42. The summed E-state index contributed by atoms with van der Waals surface area (Å²) >= 11 is 0. The Hall–Kier alpha value is -1.05. The summed E-state index contributed by atoms with van der Waals surface area (Å²) in [6.07, 6.45) is -20.6. The zero-order valence-corrected chi connectivity index (χ0v) is 19.4. The Bertz CT molecular complexity index is 715. The zero-order valence-electron chi connectivity index (χ0n) is 19.4. The fourth-order valence-electron chi connectivity index (χ4n) is 4.33. The third kappa shape index (κ3) is 5.93. The maximum Gasteiger partial charge on any atom is 0.217 e. The van der Waals surface area contributed by atoms with E-state index in [1.807, 2.05) is 0 Å². The molecule has 0 aromatic carbocycles. The summed E-state index contributed by atoms with van der Waals surface area (Å²) in [6, 6.07) is -1.34. The number of carbonyl (C=O) groups excluding carboxylic acids is 1. The molecule has 0 bridgehead atoms. The number of rotatable bonds is 6. The maximum atomic E-state index is 11.5. The van der Waals surface area contributed by atoms with Crippen LogP contribution in [0.1, 0.15) is 20.8 Å². The molecule has 3 aliphatic rings.